The van der Waals surface area contributed by atoms with Crippen molar-refractivity contribution >= 4 is 78.4 Å². The molecule has 15 nitrogen and oxygen atoms in total. The van der Waals surface area contributed by atoms with Crippen LogP contribution in [0.25, 0.3) is 53.6 Å². The number of nitrogens with one attached hydrogen (secondary N) is 4. The van der Waals surface area contributed by atoms with E-state index in [9.17, 15) is 24.3 Å². The summed E-state index contributed by atoms with van der Waals surface area (Å²) in [6.45, 7) is 8.56. The predicted molar refractivity (Wildman–Crippen MR) is 213 cm³/mol. The lowest BCUT2D eigenvalue weighted by atomic mass is 10.0. The summed E-state index contributed by atoms with van der Waals surface area (Å²) in [6.07, 6.45) is 1.23. The van der Waals surface area contributed by atoms with Crippen molar-refractivity contribution in [2.45, 2.75) is 77.5 Å². The van der Waals surface area contributed by atoms with E-state index in [-0.39, 0.29) is 35.7 Å². The van der Waals surface area contributed by atoms with Crippen molar-refractivity contribution in [1.82, 2.24) is 45.4 Å². The first-order valence-corrected chi connectivity index (χ1v) is 19.9. The third-order valence-electron chi connectivity index (χ3n) is 11.1. The summed E-state index contributed by atoms with van der Waals surface area (Å²) >= 11 is 1.64. The normalized spacial score (nSPS) is 18.5. The number of alkyl carbamates (subject to hydrolysis) is 1. The van der Waals surface area contributed by atoms with E-state index in [1.807, 2.05) is 62.9 Å². The van der Waals surface area contributed by atoms with Crippen LogP contribution in [0.2, 0.25) is 0 Å². The molecule has 292 valence electrons. The fraction of sp³-hybridized carbons (Fsp3) is 0.425. The van der Waals surface area contributed by atoms with Crippen LogP contribution in [0, 0.1) is 11.8 Å². The molecule has 0 bridgehead atoms. The van der Waals surface area contributed by atoms with E-state index in [1.165, 1.54) is 7.11 Å². The summed E-state index contributed by atoms with van der Waals surface area (Å²) in [5.41, 5.74) is 5.04. The minimum absolute atomic E-state index is 0.121. The van der Waals surface area contributed by atoms with E-state index in [0.717, 1.165) is 78.7 Å². The zero-order valence-corrected chi connectivity index (χ0v) is 32.7. The Labute approximate surface area is 326 Å². The number of nitrogens with zero attached hydrogens (tertiary/aromatic N) is 5. The van der Waals surface area contributed by atoms with Crippen LogP contribution in [0.15, 0.2) is 42.5 Å². The van der Waals surface area contributed by atoms with Crippen LogP contribution in [0.3, 0.4) is 0 Å². The molecule has 6 aromatic rings. The highest BCUT2D eigenvalue weighted by atomic mass is 32.1. The van der Waals surface area contributed by atoms with Crippen LogP contribution >= 0.6 is 11.3 Å². The fourth-order valence-electron chi connectivity index (χ4n) is 8.19. The van der Waals surface area contributed by atoms with Gasteiger partial charge in [-0.3, -0.25) is 9.59 Å². The Balaban J connectivity index is 1.07. The summed E-state index contributed by atoms with van der Waals surface area (Å²) in [5.74, 6) is 0.560. The van der Waals surface area contributed by atoms with Crippen molar-refractivity contribution in [1.29, 1.82) is 0 Å². The molecule has 2 saturated heterocycles. The standard InChI is InChI=1S/C40H45N9O6S/c1-19(2)30(46-39(52)53)37(50)48-16-6-8-27(48)35-42-25-15-14-23-22(32(25)44-35)11-13-24(41-23)29-18-21-10-12-26-33(34(21)56-29)45-36(43-26)28-9-7-17-49(28)38(51)31(20(3)4)47-40(54)55-5/h10-15,18-20,27-28,30-31,41,46H,6-9,16-17H2,1-5H3,(H,43,45)(H,47,54)(H,52,53)/t27-,28-,30-,31-/m0/s1. The third-order valence-corrected chi connectivity index (χ3v) is 12.2. The second-order valence-corrected chi connectivity index (χ2v) is 16.4. The van der Waals surface area contributed by atoms with Crippen LogP contribution in [-0.4, -0.2) is 96.1 Å². The average Bonchev–Trinajstić information content (AvgIpc) is 4.02. The molecule has 8 rings (SSSR count). The Kier molecular flexibility index (Phi) is 9.76. The summed E-state index contributed by atoms with van der Waals surface area (Å²) in [6, 6.07) is 12.1. The van der Waals surface area contributed by atoms with Gasteiger partial charge in [0.05, 0.1) is 45.5 Å². The molecule has 2 fully saturated rings. The predicted octanol–water partition coefficient (Wildman–Crippen LogP) is 6.87. The van der Waals surface area contributed by atoms with Crippen molar-refractivity contribution < 1.29 is 29.0 Å². The van der Waals surface area contributed by atoms with Crippen LogP contribution in [0.1, 0.15) is 77.1 Å². The smallest absolute Gasteiger partial charge is 0.407 e. The molecule has 4 atom stereocenters. The summed E-state index contributed by atoms with van der Waals surface area (Å²) in [4.78, 5) is 77.3. The minimum Gasteiger partial charge on any atom is -0.465 e. The second-order valence-electron chi connectivity index (χ2n) is 15.4. The van der Waals surface area contributed by atoms with Crippen LogP contribution in [0.4, 0.5) is 9.59 Å². The van der Waals surface area contributed by atoms with Gasteiger partial charge >= 0.3 is 12.2 Å². The van der Waals surface area contributed by atoms with Crippen LogP contribution in [0.5, 0.6) is 0 Å². The number of imidazole rings is 2. The molecule has 56 heavy (non-hydrogen) atoms. The Bertz CT molecular complexity index is 2510. The maximum Gasteiger partial charge on any atom is 0.407 e. The molecule has 5 N–H and O–H groups in total. The summed E-state index contributed by atoms with van der Waals surface area (Å²) in [5, 5.41) is 16.4. The van der Waals surface area contributed by atoms with Gasteiger partial charge in [-0.15, -0.1) is 11.3 Å². The number of carbonyl (C=O) groups is 4. The molecule has 6 heterocycles. The number of ether oxygens (including phenoxy) is 1. The Morgan fingerprint density at radius 1 is 0.821 bits per heavy atom. The Morgan fingerprint density at radius 3 is 2.20 bits per heavy atom. The Morgan fingerprint density at radius 2 is 1.50 bits per heavy atom. The molecule has 0 saturated carbocycles. The largest absolute Gasteiger partial charge is 0.465 e. The first-order valence-electron chi connectivity index (χ1n) is 19.1. The monoisotopic (exact) mass is 779 g/mol. The van der Waals surface area contributed by atoms with Gasteiger partial charge in [-0.25, -0.2) is 24.5 Å². The molecule has 2 aliphatic rings. The summed E-state index contributed by atoms with van der Waals surface area (Å²) in [7, 11) is 1.29. The van der Waals surface area contributed by atoms with Gasteiger partial charge in [0.1, 0.15) is 28.9 Å². The number of amides is 4. The number of carbonyl (C=O) groups excluding carboxylic acids is 3. The number of thiophene rings is 1. The van der Waals surface area contributed by atoms with E-state index in [0.29, 0.717) is 25.3 Å². The maximum atomic E-state index is 13.7. The lowest BCUT2D eigenvalue weighted by Gasteiger charge is -2.29. The number of fused-ring (bicyclic) bond motifs is 6. The van der Waals surface area contributed by atoms with Gasteiger partial charge < -0.3 is 40.2 Å². The quantitative estimate of drug-likeness (QED) is 0.104. The number of rotatable bonds is 9. The molecule has 4 amide bonds. The van der Waals surface area contributed by atoms with Gasteiger partial charge in [-0.1, -0.05) is 33.8 Å². The summed E-state index contributed by atoms with van der Waals surface area (Å²) < 4.78 is 5.82. The number of methoxy groups -OCH3 is 1. The zero-order valence-electron chi connectivity index (χ0n) is 31.9. The third kappa shape index (κ3) is 6.65. The molecule has 0 unspecified atom stereocenters. The van der Waals surface area contributed by atoms with Gasteiger partial charge in [-0.2, -0.15) is 0 Å². The van der Waals surface area contributed by atoms with Gasteiger partial charge in [0.2, 0.25) is 11.8 Å². The molecule has 4 aromatic heterocycles. The van der Waals surface area contributed by atoms with Crippen molar-refractivity contribution in [3.05, 3.63) is 54.1 Å². The van der Waals surface area contributed by atoms with E-state index >= 15 is 0 Å². The molecule has 0 spiro atoms. The highest BCUT2D eigenvalue weighted by Gasteiger charge is 2.39. The van der Waals surface area contributed by atoms with Crippen molar-refractivity contribution in [3.63, 3.8) is 0 Å². The highest BCUT2D eigenvalue weighted by Crippen LogP contribution is 2.40. The lowest BCUT2D eigenvalue weighted by Crippen LogP contribution is -2.51. The van der Waals surface area contributed by atoms with Gasteiger partial charge in [-0.05, 0) is 79.3 Å². The van der Waals surface area contributed by atoms with Crippen LogP contribution in [-0.2, 0) is 14.3 Å². The fourth-order valence-corrected chi connectivity index (χ4v) is 9.32. The topological polar surface area (TPSA) is 199 Å². The number of hydrogen-bond donors (Lipinski definition) is 5. The average molecular weight is 780 g/mol. The number of hydrogen-bond acceptors (Lipinski definition) is 9. The molecule has 2 aliphatic heterocycles. The van der Waals surface area contributed by atoms with Crippen LogP contribution < -0.4 is 10.6 Å². The number of carboxylic acid groups (broad SMARTS) is 1. The molecule has 16 heteroatoms. The molecule has 0 aliphatic carbocycles. The zero-order chi connectivity index (χ0) is 39.4. The molecular formula is C40H45N9O6S. The van der Waals surface area contributed by atoms with E-state index < -0.39 is 24.3 Å². The second kappa shape index (κ2) is 14.7. The number of pyridine rings is 1. The van der Waals surface area contributed by atoms with Gasteiger partial charge in [0, 0.05) is 24.0 Å². The SMILES string of the molecule is COC(=O)N[C@H](C(=O)N1CCC[C@H]1c1nc2c(ccc3cc(-c4ccc5c(ccc6nc([C@@H]7CCCN7C(=O)[C@@H](NC(=O)O)C(C)C)nc65)[nH]4)sc32)[nH]1)C(C)C. The Hall–Kier alpha value is -5.77. The number of aromatic amines is 2. The minimum atomic E-state index is -1.22. The lowest BCUT2D eigenvalue weighted by molar-refractivity contribution is -0.136. The maximum absolute atomic E-state index is 13.7. The highest BCUT2D eigenvalue weighted by molar-refractivity contribution is 7.23. The van der Waals surface area contributed by atoms with E-state index in [4.69, 9.17) is 19.7 Å². The molecular weight excluding hydrogens is 735 g/mol. The van der Waals surface area contributed by atoms with Crippen molar-refractivity contribution in [2.24, 2.45) is 11.8 Å². The van der Waals surface area contributed by atoms with Crippen molar-refractivity contribution in [2.75, 3.05) is 20.2 Å². The first-order chi connectivity index (χ1) is 26.9. The van der Waals surface area contributed by atoms with Crippen molar-refractivity contribution in [3.8, 4) is 10.6 Å². The molecule has 2 aromatic carbocycles. The van der Waals surface area contributed by atoms with E-state index in [2.05, 4.69) is 32.7 Å². The van der Waals surface area contributed by atoms with Gasteiger partial charge in [0.25, 0.3) is 0 Å². The molecule has 0 radical (unpaired) electrons. The first kappa shape index (κ1) is 37.2. The number of benzene rings is 2. The van der Waals surface area contributed by atoms with Gasteiger partial charge in [0.15, 0.2) is 5.82 Å². The van der Waals surface area contributed by atoms with E-state index in [1.54, 1.807) is 16.2 Å². The number of aromatic nitrogens is 5. The number of likely N-dealkylation sites (tertiary alicyclic amines) is 2. The number of H-pyrrole nitrogens is 2.